The molecule has 0 bridgehead atoms. The molecule has 0 radical (unpaired) electrons. The van der Waals surface area contributed by atoms with Crippen LogP contribution in [-0.4, -0.2) is 27.6 Å². The summed E-state index contributed by atoms with van der Waals surface area (Å²) in [6.45, 7) is 4.08. The molecule has 1 fully saturated rings. The number of nitriles is 1. The molecule has 3 heterocycles. The molecule has 3 rings (SSSR count). The van der Waals surface area contributed by atoms with Crippen molar-refractivity contribution in [3.8, 4) is 6.07 Å². The number of anilines is 1. The van der Waals surface area contributed by atoms with Crippen LogP contribution in [0, 0.1) is 17.2 Å². The molecule has 0 amide bonds. The Morgan fingerprint density at radius 3 is 3.05 bits per heavy atom. The van der Waals surface area contributed by atoms with Gasteiger partial charge in [0.1, 0.15) is 11.9 Å². The molecule has 1 aliphatic heterocycles. The standard InChI is InChI=1S/C15H17N5/c1-12-4-7-19(10-14(12)20-8-6-17-11-20)15-13(9-16)3-2-5-18-15/h2-3,5-6,8,11-12,14H,4,7,10H2,1H3. The molecule has 2 aromatic heterocycles. The fourth-order valence-corrected chi connectivity index (χ4v) is 2.83. The summed E-state index contributed by atoms with van der Waals surface area (Å²) in [6, 6.07) is 6.24. The molecule has 2 unspecified atom stereocenters. The van der Waals surface area contributed by atoms with E-state index in [0.29, 0.717) is 17.5 Å². The minimum atomic E-state index is 0.375. The van der Waals surface area contributed by atoms with E-state index >= 15 is 0 Å². The number of pyridine rings is 1. The normalized spacial score (nSPS) is 22.5. The van der Waals surface area contributed by atoms with Gasteiger partial charge < -0.3 is 9.47 Å². The van der Waals surface area contributed by atoms with Gasteiger partial charge in [-0.25, -0.2) is 9.97 Å². The number of nitrogens with zero attached hydrogens (tertiary/aromatic N) is 5. The first kappa shape index (κ1) is 12.7. The van der Waals surface area contributed by atoms with Crippen molar-refractivity contribution in [3.05, 3.63) is 42.6 Å². The monoisotopic (exact) mass is 267 g/mol. The van der Waals surface area contributed by atoms with Crippen LogP contribution in [0.2, 0.25) is 0 Å². The molecule has 102 valence electrons. The predicted molar refractivity (Wildman–Crippen MR) is 76.2 cm³/mol. The van der Waals surface area contributed by atoms with Crippen molar-refractivity contribution in [2.75, 3.05) is 18.0 Å². The van der Waals surface area contributed by atoms with Crippen LogP contribution in [0.4, 0.5) is 5.82 Å². The van der Waals surface area contributed by atoms with E-state index in [-0.39, 0.29) is 0 Å². The van der Waals surface area contributed by atoms with E-state index in [9.17, 15) is 5.26 Å². The number of hydrogen-bond acceptors (Lipinski definition) is 4. The van der Waals surface area contributed by atoms with Crippen LogP contribution in [-0.2, 0) is 0 Å². The highest BCUT2D eigenvalue weighted by molar-refractivity contribution is 5.53. The topological polar surface area (TPSA) is 57.7 Å². The molecule has 1 saturated heterocycles. The molecule has 5 nitrogen and oxygen atoms in total. The lowest BCUT2D eigenvalue weighted by atomic mass is 9.93. The third kappa shape index (κ3) is 2.25. The predicted octanol–water partition coefficient (Wildman–Crippen LogP) is 2.24. The number of piperidine rings is 1. The maximum absolute atomic E-state index is 9.22. The van der Waals surface area contributed by atoms with Gasteiger partial charge in [-0.2, -0.15) is 5.26 Å². The van der Waals surface area contributed by atoms with E-state index < -0.39 is 0 Å². The lowest BCUT2D eigenvalue weighted by molar-refractivity contribution is 0.298. The van der Waals surface area contributed by atoms with Crippen LogP contribution < -0.4 is 4.90 Å². The summed E-state index contributed by atoms with van der Waals surface area (Å²) in [6.07, 6.45) is 8.53. The number of imidazole rings is 1. The van der Waals surface area contributed by atoms with Gasteiger partial charge in [-0.05, 0) is 24.5 Å². The van der Waals surface area contributed by atoms with Crippen molar-refractivity contribution in [3.63, 3.8) is 0 Å². The average Bonchev–Trinajstić information content (AvgIpc) is 3.02. The Hall–Kier alpha value is -2.35. The van der Waals surface area contributed by atoms with E-state index in [1.54, 1.807) is 6.20 Å². The highest BCUT2D eigenvalue weighted by Crippen LogP contribution is 2.30. The Morgan fingerprint density at radius 2 is 2.30 bits per heavy atom. The number of aromatic nitrogens is 3. The fraction of sp³-hybridized carbons (Fsp3) is 0.400. The summed E-state index contributed by atoms with van der Waals surface area (Å²) in [5.41, 5.74) is 0.645. The SMILES string of the molecule is CC1CCN(c2ncccc2C#N)CC1n1ccnc1. The summed E-state index contributed by atoms with van der Waals surface area (Å²) in [7, 11) is 0. The molecule has 0 spiro atoms. The molecule has 0 aliphatic carbocycles. The van der Waals surface area contributed by atoms with E-state index in [4.69, 9.17) is 0 Å². The molecule has 0 aromatic carbocycles. The van der Waals surface area contributed by atoms with Gasteiger partial charge in [0.25, 0.3) is 0 Å². The second-order valence-corrected chi connectivity index (χ2v) is 5.28. The molecule has 2 aromatic rings. The van der Waals surface area contributed by atoms with Crippen LogP contribution in [0.15, 0.2) is 37.1 Å². The Kier molecular flexibility index (Phi) is 3.38. The van der Waals surface area contributed by atoms with Gasteiger partial charge in [0, 0.05) is 31.7 Å². The van der Waals surface area contributed by atoms with Crippen LogP contribution in [0.1, 0.15) is 24.9 Å². The van der Waals surface area contributed by atoms with Gasteiger partial charge in [0.2, 0.25) is 0 Å². The minimum Gasteiger partial charge on any atom is -0.353 e. The number of hydrogen-bond donors (Lipinski definition) is 0. The fourth-order valence-electron chi connectivity index (χ4n) is 2.83. The Labute approximate surface area is 118 Å². The first-order chi connectivity index (χ1) is 9.79. The molecule has 0 saturated carbocycles. The first-order valence-electron chi connectivity index (χ1n) is 6.87. The smallest absolute Gasteiger partial charge is 0.146 e. The summed E-state index contributed by atoms with van der Waals surface area (Å²) in [5.74, 6) is 1.39. The van der Waals surface area contributed by atoms with E-state index in [0.717, 1.165) is 25.3 Å². The van der Waals surface area contributed by atoms with Crippen molar-refractivity contribution in [2.24, 2.45) is 5.92 Å². The maximum atomic E-state index is 9.22. The zero-order valence-corrected chi connectivity index (χ0v) is 11.5. The Bertz CT molecular complexity index is 613. The highest BCUT2D eigenvalue weighted by atomic mass is 15.2. The van der Waals surface area contributed by atoms with Gasteiger partial charge in [-0.15, -0.1) is 0 Å². The molecular weight excluding hydrogens is 250 g/mol. The van der Waals surface area contributed by atoms with Gasteiger partial charge in [0.05, 0.1) is 17.9 Å². The lowest BCUT2D eigenvalue weighted by Crippen LogP contribution is -2.41. The maximum Gasteiger partial charge on any atom is 0.146 e. The Morgan fingerprint density at radius 1 is 1.40 bits per heavy atom. The van der Waals surface area contributed by atoms with E-state index in [2.05, 4.69) is 32.4 Å². The summed E-state index contributed by atoms with van der Waals surface area (Å²) in [5, 5.41) is 9.22. The summed E-state index contributed by atoms with van der Waals surface area (Å²) >= 11 is 0. The molecule has 1 aliphatic rings. The van der Waals surface area contributed by atoms with Crippen LogP contribution in [0.3, 0.4) is 0 Å². The van der Waals surface area contributed by atoms with Crippen LogP contribution in [0.5, 0.6) is 0 Å². The molecule has 0 N–H and O–H groups in total. The van der Waals surface area contributed by atoms with Crippen molar-refractivity contribution in [1.82, 2.24) is 14.5 Å². The van der Waals surface area contributed by atoms with Crippen molar-refractivity contribution in [1.29, 1.82) is 5.26 Å². The quantitative estimate of drug-likeness (QED) is 0.837. The van der Waals surface area contributed by atoms with Gasteiger partial charge >= 0.3 is 0 Å². The third-order valence-electron chi connectivity index (χ3n) is 4.03. The zero-order valence-electron chi connectivity index (χ0n) is 11.5. The van der Waals surface area contributed by atoms with Crippen molar-refractivity contribution >= 4 is 5.82 Å². The van der Waals surface area contributed by atoms with Gasteiger partial charge in [0.15, 0.2) is 0 Å². The van der Waals surface area contributed by atoms with Gasteiger partial charge in [-0.1, -0.05) is 6.92 Å². The minimum absolute atomic E-state index is 0.375. The van der Waals surface area contributed by atoms with E-state index in [1.165, 1.54) is 0 Å². The van der Waals surface area contributed by atoms with Crippen LogP contribution >= 0.6 is 0 Å². The lowest BCUT2D eigenvalue weighted by Gasteiger charge is -2.38. The third-order valence-corrected chi connectivity index (χ3v) is 4.03. The van der Waals surface area contributed by atoms with Crippen molar-refractivity contribution < 1.29 is 0 Å². The van der Waals surface area contributed by atoms with Crippen molar-refractivity contribution in [2.45, 2.75) is 19.4 Å². The largest absolute Gasteiger partial charge is 0.353 e. The average molecular weight is 267 g/mol. The molecule has 5 heteroatoms. The zero-order chi connectivity index (χ0) is 13.9. The Balaban J connectivity index is 1.87. The molecule has 20 heavy (non-hydrogen) atoms. The van der Waals surface area contributed by atoms with Crippen LogP contribution in [0.25, 0.3) is 0 Å². The van der Waals surface area contributed by atoms with Gasteiger partial charge in [-0.3, -0.25) is 0 Å². The summed E-state index contributed by atoms with van der Waals surface area (Å²) in [4.78, 5) is 10.7. The summed E-state index contributed by atoms with van der Waals surface area (Å²) < 4.78 is 2.16. The molecule has 2 atom stereocenters. The highest BCUT2D eigenvalue weighted by Gasteiger charge is 2.28. The first-order valence-corrected chi connectivity index (χ1v) is 6.87. The second-order valence-electron chi connectivity index (χ2n) is 5.28. The number of rotatable bonds is 2. The molecular formula is C15H17N5. The van der Waals surface area contributed by atoms with E-state index in [1.807, 2.05) is 30.9 Å². The second kappa shape index (κ2) is 5.33.